The molecule has 1 heterocycles. The molecule has 0 aliphatic heterocycles. The fourth-order valence-electron chi connectivity index (χ4n) is 0.729. The van der Waals surface area contributed by atoms with Gasteiger partial charge in [-0.15, -0.1) is 8.78 Å². The molecular formula is C6H8ClF2N5O. The van der Waals surface area contributed by atoms with Gasteiger partial charge in [0.05, 0.1) is 0 Å². The van der Waals surface area contributed by atoms with Gasteiger partial charge < -0.3 is 15.4 Å². The van der Waals surface area contributed by atoms with E-state index in [-0.39, 0.29) is 11.9 Å². The standard InChI is InChI=1S/C6H8ClF2N5O/c1-10-3-12-4(11-2)14-5(13-3)15-6(7,8)9/h1-2H3,(H2,10,11,12,13,14). The minimum Gasteiger partial charge on any atom is -0.385 e. The number of aromatic nitrogens is 3. The van der Waals surface area contributed by atoms with E-state index in [2.05, 4.69) is 41.9 Å². The van der Waals surface area contributed by atoms with E-state index in [4.69, 9.17) is 0 Å². The Morgan fingerprint density at radius 3 is 1.93 bits per heavy atom. The molecule has 0 unspecified atom stereocenters. The predicted octanol–water partition coefficient (Wildman–Crippen LogP) is 1.12. The van der Waals surface area contributed by atoms with E-state index in [1.165, 1.54) is 14.1 Å². The number of hydrogen-bond acceptors (Lipinski definition) is 6. The van der Waals surface area contributed by atoms with Crippen LogP contribution in [0.1, 0.15) is 0 Å². The van der Waals surface area contributed by atoms with Crippen LogP contribution >= 0.6 is 11.6 Å². The van der Waals surface area contributed by atoms with Crippen LogP contribution in [-0.4, -0.2) is 34.6 Å². The molecule has 1 aromatic heterocycles. The maximum Gasteiger partial charge on any atom is 0.489 e. The molecule has 9 heteroatoms. The van der Waals surface area contributed by atoms with Crippen molar-refractivity contribution in [3.63, 3.8) is 0 Å². The summed E-state index contributed by atoms with van der Waals surface area (Å²) in [5.41, 5.74) is -3.85. The number of hydrogen-bond donors (Lipinski definition) is 2. The summed E-state index contributed by atoms with van der Waals surface area (Å²) in [5, 5.41) is 5.12. The quantitative estimate of drug-likeness (QED) is 0.768. The van der Waals surface area contributed by atoms with Crippen LogP contribution in [0.3, 0.4) is 0 Å². The average molecular weight is 240 g/mol. The van der Waals surface area contributed by atoms with Gasteiger partial charge in [-0.3, -0.25) is 0 Å². The molecule has 0 bridgehead atoms. The predicted molar refractivity (Wildman–Crippen MR) is 50.3 cm³/mol. The van der Waals surface area contributed by atoms with Gasteiger partial charge in [0.15, 0.2) is 0 Å². The van der Waals surface area contributed by atoms with Crippen LogP contribution in [0.5, 0.6) is 6.01 Å². The fraction of sp³-hybridized carbons (Fsp3) is 0.500. The van der Waals surface area contributed by atoms with Crippen molar-refractivity contribution in [1.82, 2.24) is 15.0 Å². The second kappa shape index (κ2) is 4.39. The smallest absolute Gasteiger partial charge is 0.385 e. The zero-order valence-corrected chi connectivity index (χ0v) is 8.64. The molecule has 0 aliphatic carbocycles. The van der Waals surface area contributed by atoms with E-state index >= 15 is 0 Å². The highest BCUT2D eigenvalue weighted by Crippen LogP contribution is 2.23. The summed E-state index contributed by atoms with van der Waals surface area (Å²) in [4.78, 5) is 10.8. The third kappa shape index (κ3) is 3.66. The molecule has 0 atom stereocenters. The Bertz CT molecular complexity index is 323. The molecule has 0 aromatic carbocycles. The van der Waals surface area contributed by atoms with Crippen LogP contribution in [0.4, 0.5) is 20.7 Å². The third-order valence-electron chi connectivity index (χ3n) is 1.27. The Balaban J connectivity index is 2.97. The first-order valence-electron chi connectivity index (χ1n) is 3.82. The minimum absolute atomic E-state index is 0.0882. The van der Waals surface area contributed by atoms with Gasteiger partial charge in [-0.2, -0.15) is 15.0 Å². The van der Waals surface area contributed by atoms with Crippen molar-refractivity contribution < 1.29 is 13.5 Å². The van der Waals surface area contributed by atoms with E-state index in [1.54, 1.807) is 0 Å². The van der Waals surface area contributed by atoms with Crippen molar-refractivity contribution in [2.24, 2.45) is 0 Å². The second-order valence-corrected chi connectivity index (χ2v) is 2.75. The summed E-state index contributed by atoms with van der Waals surface area (Å²) in [6.45, 7) is 0. The van der Waals surface area contributed by atoms with Gasteiger partial charge in [-0.1, -0.05) is 0 Å². The summed E-state index contributed by atoms with van der Waals surface area (Å²) < 4.78 is 28.5. The zero-order chi connectivity index (χ0) is 11.5. The number of rotatable bonds is 4. The first-order chi connectivity index (χ1) is 6.94. The summed E-state index contributed by atoms with van der Waals surface area (Å²) in [6.07, 6.45) is 0. The summed E-state index contributed by atoms with van der Waals surface area (Å²) in [5.74, 6) is 0.176. The highest BCUT2D eigenvalue weighted by molar-refractivity contribution is 6.20. The molecule has 6 nitrogen and oxygen atoms in total. The lowest BCUT2D eigenvalue weighted by Gasteiger charge is -2.10. The second-order valence-electron chi connectivity index (χ2n) is 2.31. The van der Waals surface area contributed by atoms with Crippen LogP contribution in [0.2, 0.25) is 0 Å². The van der Waals surface area contributed by atoms with E-state index in [1.807, 2.05) is 0 Å². The van der Waals surface area contributed by atoms with Crippen molar-refractivity contribution in [3.05, 3.63) is 0 Å². The van der Waals surface area contributed by atoms with Gasteiger partial charge in [-0.25, -0.2) is 0 Å². The molecule has 1 rings (SSSR count). The van der Waals surface area contributed by atoms with Crippen molar-refractivity contribution in [3.8, 4) is 6.01 Å². The van der Waals surface area contributed by atoms with E-state index in [0.29, 0.717) is 0 Å². The largest absolute Gasteiger partial charge is 0.489 e. The van der Waals surface area contributed by atoms with Gasteiger partial charge in [-0.05, 0) is 0 Å². The van der Waals surface area contributed by atoms with Crippen molar-refractivity contribution in [2.45, 2.75) is 5.57 Å². The Hall–Kier alpha value is -1.44. The molecule has 1 aromatic rings. The summed E-state index contributed by atoms with van der Waals surface area (Å²) >= 11 is 4.56. The first kappa shape index (κ1) is 11.6. The topological polar surface area (TPSA) is 72.0 Å². The van der Waals surface area contributed by atoms with Crippen molar-refractivity contribution >= 4 is 23.5 Å². The molecule has 0 fully saturated rings. The number of alkyl halides is 3. The summed E-state index contributed by atoms with van der Waals surface area (Å²) in [7, 11) is 3.05. The maximum absolute atomic E-state index is 12.3. The monoisotopic (exact) mass is 239 g/mol. The normalized spacial score (nSPS) is 11.0. The van der Waals surface area contributed by atoms with Crippen LogP contribution in [0.15, 0.2) is 0 Å². The molecular weight excluding hydrogens is 232 g/mol. The SMILES string of the molecule is CNc1nc(NC)nc(OC(F)(F)Cl)n1. The van der Waals surface area contributed by atoms with Crippen LogP contribution in [0.25, 0.3) is 0 Å². The van der Waals surface area contributed by atoms with Crippen molar-refractivity contribution in [2.75, 3.05) is 24.7 Å². The lowest BCUT2D eigenvalue weighted by Crippen LogP contribution is -2.18. The highest BCUT2D eigenvalue weighted by atomic mass is 35.5. The first-order valence-corrected chi connectivity index (χ1v) is 4.19. The van der Waals surface area contributed by atoms with Crippen LogP contribution in [0, 0.1) is 0 Å². The molecule has 84 valence electrons. The molecule has 0 radical (unpaired) electrons. The molecule has 0 aliphatic rings. The lowest BCUT2D eigenvalue weighted by molar-refractivity contribution is -0.102. The Labute approximate surface area is 89.0 Å². The molecule has 0 spiro atoms. The van der Waals surface area contributed by atoms with Gasteiger partial charge in [0.2, 0.25) is 11.9 Å². The van der Waals surface area contributed by atoms with E-state index in [0.717, 1.165) is 0 Å². The Morgan fingerprint density at radius 1 is 1.13 bits per heavy atom. The lowest BCUT2D eigenvalue weighted by atomic mass is 10.8. The molecule has 0 amide bonds. The maximum atomic E-state index is 12.3. The van der Waals surface area contributed by atoms with E-state index < -0.39 is 11.6 Å². The molecule has 15 heavy (non-hydrogen) atoms. The average Bonchev–Trinajstić information content (AvgIpc) is 2.14. The minimum atomic E-state index is -3.85. The molecule has 2 N–H and O–H groups in total. The fourth-order valence-corrected chi connectivity index (χ4v) is 0.798. The van der Waals surface area contributed by atoms with Gasteiger partial charge in [0, 0.05) is 25.7 Å². The Morgan fingerprint density at radius 2 is 1.60 bits per heavy atom. The third-order valence-corrected chi connectivity index (χ3v) is 1.35. The number of halogens is 3. The Kier molecular flexibility index (Phi) is 3.40. The molecule has 0 saturated heterocycles. The van der Waals surface area contributed by atoms with Gasteiger partial charge in [0.1, 0.15) is 0 Å². The highest BCUT2D eigenvalue weighted by Gasteiger charge is 2.29. The number of nitrogens with zero attached hydrogens (tertiary/aromatic N) is 3. The van der Waals surface area contributed by atoms with Crippen LogP contribution < -0.4 is 15.4 Å². The molecule has 0 saturated carbocycles. The van der Waals surface area contributed by atoms with Crippen molar-refractivity contribution in [1.29, 1.82) is 0 Å². The van der Waals surface area contributed by atoms with Gasteiger partial charge >= 0.3 is 11.6 Å². The van der Waals surface area contributed by atoms with Gasteiger partial charge in [0.25, 0.3) is 0 Å². The zero-order valence-electron chi connectivity index (χ0n) is 7.88. The number of ether oxygens (including phenoxy) is 1. The van der Waals surface area contributed by atoms with E-state index in [9.17, 15) is 8.78 Å². The van der Waals surface area contributed by atoms with Crippen LogP contribution in [-0.2, 0) is 0 Å². The number of anilines is 2. The number of nitrogens with one attached hydrogen (secondary N) is 2. The summed E-state index contributed by atoms with van der Waals surface area (Å²) in [6, 6.07) is -0.571.